The first-order valence-electron chi connectivity index (χ1n) is 8.84. The summed E-state index contributed by atoms with van der Waals surface area (Å²) in [7, 11) is 0. The SMILES string of the molecule is OC(C1CCCCCC1)C1(N2CCOCC2)CCCC1. The zero-order valence-electron chi connectivity index (χ0n) is 12.9. The molecule has 1 unspecified atom stereocenters. The molecular weight excluding hydrogens is 250 g/mol. The van der Waals surface area contributed by atoms with Crippen molar-refractivity contribution in [3.8, 4) is 0 Å². The second-order valence-electron chi connectivity index (χ2n) is 7.11. The van der Waals surface area contributed by atoms with Crippen LogP contribution in [0.1, 0.15) is 64.2 Å². The highest BCUT2D eigenvalue weighted by atomic mass is 16.5. The molecule has 0 radical (unpaired) electrons. The Balaban J connectivity index is 1.74. The third kappa shape index (κ3) is 2.90. The molecule has 1 aliphatic heterocycles. The molecular formula is C17H31NO2. The zero-order chi connectivity index (χ0) is 13.8. The van der Waals surface area contributed by atoms with Crippen LogP contribution < -0.4 is 0 Å². The standard InChI is InChI=1S/C17H31NO2/c19-16(15-7-3-1-2-4-8-15)17(9-5-6-10-17)18-11-13-20-14-12-18/h15-16,19H,1-14H2. The lowest BCUT2D eigenvalue weighted by atomic mass is 9.78. The third-order valence-corrected chi connectivity index (χ3v) is 6.01. The van der Waals surface area contributed by atoms with Crippen molar-refractivity contribution in [2.45, 2.75) is 75.9 Å². The molecule has 3 rings (SSSR count). The van der Waals surface area contributed by atoms with Gasteiger partial charge in [-0.15, -0.1) is 0 Å². The highest BCUT2D eigenvalue weighted by Gasteiger charge is 2.48. The molecule has 0 spiro atoms. The van der Waals surface area contributed by atoms with E-state index in [-0.39, 0.29) is 11.6 Å². The summed E-state index contributed by atoms with van der Waals surface area (Å²) in [5.74, 6) is 0.540. The van der Waals surface area contributed by atoms with Crippen molar-refractivity contribution < 1.29 is 9.84 Å². The van der Waals surface area contributed by atoms with Crippen LogP contribution in [0.2, 0.25) is 0 Å². The van der Waals surface area contributed by atoms with Gasteiger partial charge in [-0.05, 0) is 31.6 Å². The summed E-state index contributed by atoms with van der Waals surface area (Å²) >= 11 is 0. The lowest BCUT2D eigenvalue weighted by Crippen LogP contribution is -2.60. The summed E-state index contributed by atoms with van der Waals surface area (Å²) in [4.78, 5) is 2.58. The molecule has 0 aromatic heterocycles. The number of aliphatic hydroxyl groups excluding tert-OH is 1. The summed E-state index contributed by atoms with van der Waals surface area (Å²) in [6, 6.07) is 0. The number of morpholine rings is 1. The smallest absolute Gasteiger partial charge is 0.0751 e. The van der Waals surface area contributed by atoms with Gasteiger partial charge in [0.25, 0.3) is 0 Å². The van der Waals surface area contributed by atoms with Crippen LogP contribution in [0.3, 0.4) is 0 Å². The fourth-order valence-corrected chi connectivity index (χ4v) is 4.86. The van der Waals surface area contributed by atoms with Crippen molar-refractivity contribution in [2.75, 3.05) is 26.3 Å². The highest BCUT2D eigenvalue weighted by molar-refractivity contribution is 5.03. The molecule has 0 aromatic carbocycles. The largest absolute Gasteiger partial charge is 0.391 e. The lowest BCUT2D eigenvalue weighted by molar-refractivity contribution is -0.0961. The van der Waals surface area contributed by atoms with Crippen molar-refractivity contribution in [3.05, 3.63) is 0 Å². The predicted octanol–water partition coefficient (Wildman–Crippen LogP) is 2.96. The molecule has 3 nitrogen and oxygen atoms in total. The van der Waals surface area contributed by atoms with Crippen molar-refractivity contribution in [1.29, 1.82) is 0 Å². The molecule has 116 valence electrons. The van der Waals surface area contributed by atoms with Gasteiger partial charge in [0.1, 0.15) is 0 Å². The molecule has 0 bridgehead atoms. The van der Waals surface area contributed by atoms with Crippen molar-refractivity contribution in [2.24, 2.45) is 5.92 Å². The summed E-state index contributed by atoms with van der Waals surface area (Å²) in [5, 5.41) is 11.2. The van der Waals surface area contributed by atoms with Crippen LogP contribution in [-0.2, 0) is 4.74 Å². The molecule has 20 heavy (non-hydrogen) atoms. The Morgan fingerprint density at radius 1 is 0.900 bits per heavy atom. The Bertz CT molecular complexity index is 287. The van der Waals surface area contributed by atoms with Crippen LogP contribution in [-0.4, -0.2) is 48.0 Å². The lowest BCUT2D eigenvalue weighted by Gasteiger charge is -2.48. The Hall–Kier alpha value is -0.120. The maximum absolute atomic E-state index is 11.2. The molecule has 1 heterocycles. The van der Waals surface area contributed by atoms with Crippen LogP contribution in [0, 0.1) is 5.92 Å². The fourth-order valence-electron chi connectivity index (χ4n) is 4.86. The van der Waals surface area contributed by atoms with Crippen LogP contribution >= 0.6 is 0 Å². The molecule has 3 fully saturated rings. The first-order valence-corrected chi connectivity index (χ1v) is 8.84. The van der Waals surface area contributed by atoms with Gasteiger partial charge < -0.3 is 9.84 Å². The van der Waals surface area contributed by atoms with E-state index in [0.717, 1.165) is 26.3 Å². The molecule has 1 N–H and O–H groups in total. The number of nitrogens with zero attached hydrogens (tertiary/aromatic N) is 1. The van der Waals surface area contributed by atoms with E-state index in [0.29, 0.717) is 5.92 Å². The van der Waals surface area contributed by atoms with Crippen LogP contribution in [0.15, 0.2) is 0 Å². The molecule has 2 aliphatic carbocycles. The van der Waals surface area contributed by atoms with E-state index < -0.39 is 0 Å². The van der Waals surface area contributed by atoms with Crippen molar-refractivity contribution in [1.82, 2.24) is 4.90 Å². The molecule has 0 aromatic rings. The van der Waals surface area contributed by atoms with E-state index in [2.05, 4.69) is 4.90 Å². The van der Waals surface area contributed by atoms with Gasteiger partial charge in [-0.25, -0.2) is 0 Å². The van der Waals surface area contributed by atoms with Crippen LogP contribution in [0.4, 0.5) is 0 Å². The van der Waals surface area contributed by atoms with Crippen LogP contribution in [0.25, 0.3) is 0 Å². The average Bonchev–Trinajstić information content (AvgIpc) is 2.84. The number of rotatable bonds is 3. The Morgan fingerprint density at radius 3 is 2.10 bits per heavy atom. The van der Waals surface area contributed by atoms with Crippen LogP contribution in [0.5, 0.6) is 0 Å². The van der Waals surface area contributed by atoms with Gasteiger partial charge in [-0.2, -0.15) is 0 Å². The minimum absolute atomic E-state index is 0.0821. The zero-order valence-corrected chi connectivity index (χ0v) is 12.9. The molecule has 1 saturated heterocycles. The number of hydrogen-bond acceptors (Lipinski definition) is 3. The normalized spacial score (nSPS) is 31.1. The van der Waals surface area contributed by atoms with E-state index in [1.54, 1.807) is 0 Å². The Labute approximate surface area is 123 Å². The summed E-state index contributed by atoms with van der Waals surface area (Å²) < 4.78 is 5.53. The molecule has 2 saturated carbocycles. The maximum Gasteiger partial charge on any atom is 0.0751 e. The van der Waals surface area contributed by atoms with Gasteiger partial charge in [-0.3, -0.25) is 4.90 Å². The van der Waals surface area contributed by atoms with E-state index in [1.807, 2.05) is 0 Å². The monoisotopic (exact) mass is 281 g/mol. The first-order chi connectivity index (χ1) is 9.83. The van der Waals surface area contributed by atoms with E-state index >= 15 is 0 Å². The quantitative estimate of drug-likeness (QED) is 0.807. The molecule has 3 heteroatoms. The summed E-state index contributed by atoms with van der Waals surface area (Å²) in [6.07, 6.45) is 12.7. The molecule has 0 amide bonds. The maximum atomic E-state index is 11.2. The predicted molar refractivity (Wildman–Crippen MR) is 80.8 cm³/mol. The van der Waals surface area contributed by atoms with E-state index in [9.17, 15) is 5.11 Å². The minimum Gasteiger partial charge on any atom is -0.391 e. The van der Waals surface area contributed by atoms with Gasteiger partial charge in [0.2, 0.25) is 0 Å². The van der Waals surface area contributed by atoms with Crippen molar-refractivity contribution in [3.63, 3.8) is 0 Å². The fraction of sp³-hybridized carbons (Fsp3) is 1.00. The number of aliphatic hydroxyl groups is 1. The van der Waals surface area contributed by atoms with Gasteiger partial charge in [-0.1, -0.05) is 38.5 Å². The minimum atomic E-state index is -0.110. The first kappa shape index (κ1) is 14.8. The Morgan fingerprint density at radius 2 is 1.50 bits per heavy atom. The van der Waals surface area contributed by atoms with Gasteiger partial charge in [0.15, 0.2) is 0 Å². The molecule has 3 aliphatic rings. The third-order valence-electron chi connectivity index (χ3n) is 6.01. The molecule has 1 atom stereocenters. The topological polar surface area (TPSA) is 32.7 Å². The van der Waals surface area contributed by atoms with Gasteiger partial charge >= 0.3 is 0 Å². The highest BCUT2D eigenvalue weighted by Crippen LogP contribution is 2.43. The number of ether oxygens (including phenoxy) is 1. The van der Waals surface area contributed by atoms with Gasteiger partial charge in [0, 0.05) is 18.6 Å². The second-order valence-corrected chi connectivity index (χ2v) is 7.11. The van der Waals surface area contributed by atoms with E-state index in [4.69, 9.17) is 4.74 Å². The van der Waals surface area contributed by atoms with Gasteiger partial charge in [0.05, 0.1) is 19.3 Å². The Kier molecular flexibility index (Phi) is 5.00. The summed E-state index contributed by atoms with van der Waals surface area (Å²) in [5.41, 5.74) is 0.0821. The summed E-state index contributed by atoms with van der Waals surface area (Å²) in [6.45, 7) is 3.73. The number of hydrogen-bond donors (Lipinski definition) is 1. The second kappa shape index (κ2) is 6.76. The average molecular weight is 281 g/mol. The van der Waals surface area contributed by atoms with E-state index in [1.165, 1.54) is 64.2 Å². The van der Waals surface area contributed by atoms with Crippen molar-refractivity contribution >= 4 is 0 Å².